The number of ether oxygens (including phenoxy) is 1. The molecule has 1 aliphatic rings. The number of hydrogen-bond donors (Lipinski definition) is 0. The maximum atomic E-state index is 12.8. The van der Waals surface area contributed by atoms with Crippen LogP contribution in [0, 0.1) is 0 Å². The topological polar surface area (TPSA) is 47.4 Å². The minimum atomic E-state index is 0.0152. The molecule has 3 heterocycles. The number of piperidine rings is 1. The molecule has 1 fully saturated rings. The van der Waals surface area contributed by atoms with Crippen molar-refractivity contribution in [2.24, 2.45) is 0 Å². The summed E-state index contributed by atoms with van der Waals surface area (Å²) in [6, 6.07) is 13.2. The van der Waals surface area contributed by atoms with Gasteiger partial charge in [0.05, 0.1) is 17.4 Å². The number of pyridine rings is 1. The van der Waals surface area contributed by atoms with Gasteiger partial charge in [-0.05, 0) is 42.5 Å². The van der Waals surface area contributed by atoms with Crippen LogP contribution in [0.3, 0.4) is 0 Å². The van der Waals surface area contributed by atoms with E-state index in [0.29, 0.717) is 23.7 Å². The maximum Gasteiger partial charge on any atom is 0.255 e. The van der Waals surface area contributed by atoms with Crippen molar-refractivity contribution in [3.63, 3.8) is 0 Å². The van der Waals surface area contributed by atoms with E-state index in [-0.39, 0.29) is 12.0 Å². The van der Waals surface area contributed by atoms with Gasteiger partial charge in [0.15, 0.2) is 0 Å². The molecule has 27 heavy (non-hydrogen) atoms. The monoisotopic (exact) mass is 381 g/mol. The summed E-state index contributed by atoms with van der Waals surface area (Å²) in [4.78, 5) is 18.9. The summed E-state index contributed by atoms with van der Waals surface area (Å²) in [5, 5.41) is 0.693. The molecule has 0 aliphatic carbocycles. The van der Waals surface area contributed by atoms with E-state index < -0.39 is 0 Å². The van der Waals surface area contributed by atoms with Gasteiger partial charge in [-0.1, -0.05) is 11.6 Å². The lowest BCUT2D eigenvalue weighted by atomic mass is 10.1. The minimum Gasteiger partial charge on any atom is -0.490 e. The Kier molecular flexibility index (Phi) is 5.12. The Labute approximate surface area is 163 Å². The summed E-state index contributed by atoms with van der Waals surface area (Å²) < 4.78 is 7.94. The van der Waals surface area contributed by atoms with E-state index >= 15 is 0 Å². The van der Waals surface area contributed by atoms with Crippen LogP contribution in [0.25, 0.3) is 5.69 Å². The maximum absolute atomic E-state index is 12.8. The molecule has 0 atom stereocenters. The SMILES string of the molecule is O=C(c1cncc(-n2cccc2)c1)N1CCC(Oc2ccc(Cl)cc2)CC1. The van der Waals surface area contributed by atoms with Crippen LogP contribution in [0.5, 0.6) is 5.75 Å². The smallest absolute Gasteiger partial charge is 0.255 e. The fraction of sp³-hybridized carbons (Fsp3) is 0.238. The molecule has 1 saturated heterocycles. The van der Waals surface area contributed by atoms with E-state index in [2.05, 4.69) is 4.98 Å². The molecular formula is C21H20ClN3O2. The van der Waals surface area contributed by atoms with Crippen molar-refractivity contribution >= 4 is 17.5 Å². The van der Waals surface area contributed by atoms with Crippen LogP contribution in [0.4, 0.5) is 0 Å². The molecule has 0 unspecified atom stereocenters. The Morgan fingerprint density at radius 1 is 1.07 bits per heavy atom. The summed E-state index contributed by atoms with van der Waals surface area (Å²) >= 11 is 5.90. The molecule has 3 aromatic rings. The van der Waals surface area contributed by atoms with Crippen molar-refractivity contribution in [3.05, 3.63) is 77.8 Å². The molecule has 0 spiro atoms. The predicted molar refractivity (Wildman–Crippen MR) is 105 cm³/mol. The van der Waals surface area contributed by atoms with Gasteiger partial charge in [0.1, 0.15) is 11.9 Å². The van der Waals surface area contributed by atoms with Crippen LogP contribution < -0.4 is 4.74 Å². The zero-order valence-corrected chi connectivity index (χ0v) is 15.5. The van der Waals surface area contributed by atoms with E-state index in [1.165, 1.54) is 0 Å². The quantitative estimate of drug-likeness (QED) is 0.680. The minimum absolute atomic E-state index is 0.0152. The van der Waals surface area contributed by atoms with Crippen LogP contribution in [0.2, 0.25) is 5.02 Å². The second-order valence-corrected chi connectivity index (χ2v) is 7.02. The summed E-state index contributed by atoms with van der Waals surface area (Å²) in [6.07, 6.45) is 8.97. The molecule has 6 heteroatoms. The number of carbonyl (C=O) groups is 1. The van der Waals surface area contributed by atoms with Crippen LogP contribution >= 0.6 is 11.6 Å². The van der Waals surface area contributed by atoms with Gasteiger partial charge in [-0.2, -0.15) is 0 Å². The predicted octanol–water partition coefficient (Wildman–Crippen LogP) is 4.21. The van der Waals surface area contributed by atoms with Gasteiger partial charge in [-0.15, -0.1) is 0 Å². The molecule has 2 aromatic heterocycles. The third-order valence-electron chi connectivity index (χ3n) is 4.72. The van der Waals surface area contributed by atoms with Gasteiger partial charge < -0.3 is 14.2 Å². The lowest BCUT2D eigenvalue weighted by molar-refractivity contribution is 0.0595. The van der Waals surface area contributed by atoms with Crippen molar-refractivity contribution < 1.29 is 9.53 Å². The second kappa shape index (κ2) is 7.84. The molecule has 1 amide bonds. The van der Waals surface area contributed by atoms with E-state index in [1.807, 2.05) is 64.3 Å². The molecule has 138 valence electrons. The van der Waals surface area contributed by atoms with Gasteiger partial charge in [0.25, 0.3) is 5.91 Å². The molecule has 0 N–H and O–H groups in total. The van der Waals surface area contributed by atoms with Crippen LogP contribution in [0.15, 0.2) is 67.3 Å². The number of aromatic nitrogens is 2. The number of rotatable bonds is 4. The molecule has 0 radical (unpaired) electrons. The zero-order valence-electron chi connectivity index (χ0n) is 14.8. The molecule has 0 bridgehead atoms. The highest BCUT2D eigenvalue weighted by molar-refractivity contribution is 6.30. The Morgan fingerprint density at radius 3 is 2.48 bits per heavy atom. The fourth-order valence-electron chi connectivity index (χ4n) is 3.26. The van der Waals surface area contributed by atoms with Gasteiger partial charge >= 0.3 is 0 Å². The average Bonchev–Trinajstić information content (AvgIpc) is 3.25. The van der Waals surface area contributed by atoms with Crippen molar-refractivity contribution in [3.8, 4) is 11.4 Å². The number of likely N-dealkylation sites (tertiary alicyclic amines) is 1. The Bertz CT molecular complexity index is 901. The number of amides is 1. The van der Waals surface area contributed by atoms with Crippen LogP contribution in [-0.4, -0.2) is 39.6 Å². The molecule has 4 rings (SSSR count). The van der Waals surface area contributed by atoms with Gasteiger partial charge in [0.2, 0.25) is 0 Å². The van der Waals surface area contributed by atoms with E-state index in [4.69, 9.17) is 16.3 Å². The lowest BCUT2D eigenvalue weighted by Gasteiger charge is -2.32. The number of benzene rings is 1. The van der Waals surface area contributed by atoms with Crippen molar-refractivity contribution in [2.75, 3.05) is 13.1 Å². The molecule has 5 nitrogen and oxygen atoms in total. The first-order valence-electron chi connectivity index (χ1n) is 8.99. The average molecular weight is 382 g/mol. The van der Waals surface area contributed by atoms with Gasteiger partial charge in [0, 0.05) is 49.5 Å². The van der Waals surface area contributed by atoms with Crippen molar-refractivity contribution in [2.45, 2.75) is 18.9 Å². The second-order valence-electron chi connectivity index (χ2n) is 6.59. The van der Waals surface area contributed by atoms with E-state index in [0.717, 1.165) is 24.3 Å². The first-order valence-corrected chi connectivity index (χ1v) is 9.37. The fourth-order valence-corrected chi connectivity index (χ4v) is 3.38. The van der Waals surface area contributed by atoms with Crippen LogP contribution in [-0.2, 0) is 0 Å². The highest BCUT2D eigenvalue weighted by Gasteiger charge is 2.25. The van der Waals surface area contributed by atoms with E-state index in [9.17, 15) is 4.79 Å². The summed E-state index contributed by atoms with van der Waals surface area (Å²) in [6.45, 7) is 1.34. The first-order chi connectivity index (χ1) is 13.2. The summed E-state index contributed by atoms with van der Waals surface area (Å²) in [7, 11) is 0. The first kappa shape index (κ1) is 17.6. The zero-order chi connectivity index (χ0) is 18.6. The Morgan fingerprint density at radius 2 is 1.78 bits per heavy atom. The summed E-state index contributed by atoms with van der Waals surface area (Å²) in [5.41, 5.74) is 1.49. The Balaban J connectivity index is 1.37. The largest absolute Gasteiger partial charge is 0.490 e. The number of halogens is 1. The highest BCUT2D eigenvalue weighted by atomic mass is 35.5. The molecule has 1 aliphatic heterocycles. The van der Waals surface area contributed by atoms with Crippen LogP contribution in [0.1, 0.15) is 23.2 Å². The Hall–Kier alpha value is -2.79. The molecular weight excluding hydrogens is 362 g/mol. The van der Waals surface area contributed by atoms with Crippen molar-refractivity contribution in [1.29, 1.82) is 0 Å². The number of nitrogens with zero attached hydrogens (tertiary/aromatic N) is 3. The lowest BCUT2D eigenvalue weighted by Crippen LogP contribution is -2.41. The normalized spacial score (nSPS) is 14.9. The third-order valence-corrected chi connectivity index (χ3v) is 4.97. The van der Waals surface area contributed by atoms with Gasteiger partial charge in [-0.3, -0.25) is 9.78 Å². The summed E-state index contributed by atoms with van der Waals surface area (Å²) in [5.74, 6) is 0.828. The molecule has 0 saturated carbocycles. The third kappa shape index (κ3) is 4.14. The molecule has 1 aromatic carbocycles. The van der Waals surface area contributed by atoms with Gasteiger partial charge in [-0.25, -0.2) is 0 Å². The number of hydrogen-bond acceptors (Lipinski definition) is 3. The van der Waals surface area contributed by atoms with Crippen molar-refractivity contribution in [1.82, 2.24) is 14.5 Å². The van der Waals surface area contributed by atoms with E-state index in [1.54, 1.807) is 12.4 Å². The standard InChI is InChI=1S/C21H20ClN3O2/c22-17-3-5-19(6-4-17)27-20-7-11-25(12-8-20)21(26)16-13-18(15-23-14-16)24-9-1-2-10-24/h1-6,9-10,13-15,20H,7-8,11-12H2. The highest BCUT2D eigenvalue weighted by Crippen LogP contribution is 2.22. The number of carbonyl (C=O) groups excluding carboxylic acids is 1.